The summed E-state index contributed by atoms with van der Waals surface area (Å²) in [4.78, 5) is 11.8. The number of nitrogens with one attached hydrogen (secondary N) is 1. The first-order valence-corrected chi connectivity index (χ1v) is 10.8. The molecule has 0 heterocycles. The van der Waals surface area contributed by atoms with Crippen LogP contribution in [0.25, 0.3) is 0 Å². The van der Waals surface area contributed by atoms with Crippen LogP contribution in [-0.2, 0) is 4.79 Å². The molecular formula is C23H43NO2. The molecule has 0 bridgehead atoms. The van der Waals surface area contributed by atoms with Crippen LogP contribution in [0.3, 0.4) is 0 Å². The average molecular weight is 366 g/mol. The molecule has 0 radical (unpaired) electrons. The number of aliphatic hydroxyl groups is 1. The van der Waals surface area contributed by atoms with E-state index in [0.29, 0.717) is 6.42 Å². The van der Waals surface area contributed by atoms with E-state index in [9.17, 15) is 9.90 Å². The molecule has 0 rings (SSSR count). The van der Waals surface area contributed by atoms with Gasteiger partial charge in [0.2, 0.25) is 5.91 Å². The zero-order chi connectivity index (χ0) is 19.5. The van der Waals surface area contributed by atoms with Crippen LogP contribution < -0.4 is 5.32 Å². The normalized spacial score (nSPS) is 13.1. The van der Waals surface area contributed by atoms with Crippen LogP contribution in [0.5, 0.6) is 0 Å². The number of carbonyl (C=O) groups excluding carboxylic acids is 1. The summed E-state index contributed by atoms with van der Waals surface area (Å²) in [6.45, 7) is 6.29. The lowest BCUT2D eigenvalue weighted by Gasteiger charge is -2.19. The molecule has 152 valence electrons. The molecule has 0 aliphatic carbocycles. The zero-order valence-corrected chi connectivity index (χ0v) is 17.5. The van der Waals surface area contributed by atoms with Crippen molar-refractivity contribution in [3.8, 4) is 0 Å². The summed E-state index contributed by atoms with van der Waals surface area (Å²) < 4.78 is 0. The van der Waals surface area contributed by atoms with Gasteiger partial charge >= 0.3 is 0 Å². The van der Waals surface area contributed by atoms with Crippen LogP contribution in [0.1, 0.15) is 97.8 Å². The summed E-state index contributed by atoms with van der Waals surface area (Å²) in [5.74, 6) is 0.344. The monoisotopic (exact) mass is 365 g/mol. The maximum absolute atomic E-state index is 11.8. The maximum Gasteiger partial charge on any atom is 0.220 e. The van der Waals surface area contributed by atoms with Crippen molar-refractivity contribution in [1.29, 1.82) is 0 Å². The van der Waals surface area contributed by atoms with E-state index >= 15 is 0 Å². The van der Waals surface area contributed by atoms with Crippen LogP contribution in [0.15, 0.2) is 24.3 Å². The Labute approximate surface area is 162 Å². The molecule has 1 atom stereocenters. The van der Waals surface area contributed by atoms with E-state index in [1.807, 2.05) is 13.8 Å². The average Bonchev–Trinajstić information content (AvgIpc) is 2.62. The minimum absolute atomic E-state index is 0.0194. The molecule has 0 spiro atoms. The Morgan fingerprint density at radius 3 is 2.04 bits per heavy atom. The number of allylic oxidation sites excluding steroid dienone is 4. The van der Waals surface area contributed by atoms with Gasteiger partial charge in [-0.05, 0) is 44.4 Å². The Balaban J connectivity index is 3.43. The fourth-order valence-corrected chi connectivity index (χ4v) is 2.80. The Morgan fingerprint density at radius 1 is 0.885 bits per heavy atom. The third-order valence-corrected chi connectivity index (χ3v) is 4.70. The van der Waals surface area contributed by atoms with Crippen molar-refractivity contribution >= 4 is 5.91 Å². The zero-order valence-electron chi connectivity index (χ0n) is 17.5. The van der Waals surface area contributed by atoms with Gasteiger partial charge in [-0.3, -0.25) is 4.79 Å². The Hall–Kier alpha value is -1.09. The third-order valence-electron chi connectivity index (χ3n) is 4.70. The predicted molar refractivity (Wildman–Crippen MR) is 113 cm³/mol. The minimum atomic E-state index is -0.111. The van der Waals surface area contributed by atoms with E-state index in [1.54, 1.807) is 0 Å². The third kappa shape index (κ3) is 16.4. The number of unbranched alkanes of at least 4 members (excludes halogenated alkanes) is 8. The molecule has 0 saturated heterocycles. The molecular weight excluding hydrogens is 322 g/mol. The van der Waals surface area contributed by atoms with Crippen molar-refractivity contribution in [2.75, 3.05) is 6.61 Å². The number of hydrogen-bond acceptors (Lipinski definition) is 2. The van der Waals surface area contributed by atoms with Gasteiger partial charge in [-0.2, -0.15) is 0 Å². The quantitative estimate of drug-likeness (QED) is 0.248. The smallest absolute Gasteiger partial charge is 0.220 e. The largest absolute Gasteiger partial charge is 0.394 e. The number of aliphatic hydroxyl groups excluding tert-OH is 1. The van der Waals surface area contributed by atoms with Crippen LogP contribution in [0.4, 0.5) is 0 Å². The number of rotatable bonds is 17. The second-order valence-corrected chi connectivity index (χ2v) is 7.58. The van der Waals surface area contributed by atoms with E-state index in [1.165, 1.54) is 44.9 Å². The van der Waals surface area contributed by atoms with E-state index in [2.05, 4.69) is 36.5 Å². The van der Waals surface area contributed by atoms with Gasteiger partial charge in [0.1, 0.15) is 0 Å². The van der Waals surface area contributed by atoms with Gasteiger partial charge < -0.3 is 10.4 Å². The summed E-state index contributed by atoms with van der Waals surface area (Å²) in [7, 11) is 0. The molecule has 0 saturated carbocycles. The molecule has 0 aromatic heterocycles. The Kier molecular flexibility index (Phi) is 17.9. The van der Waals surface area contributed by atoms with Gasteiger partial charge in [-0.25, -0.2) is 0 Å². The van der Waals surface area contributed by atoms with E-state index in [-0.39, 0.29) is 24.5 Å². The van der Waals surface area contributed by atoms with Crippen molar-refractivity contribution in [1.82, 2.24) is 5.32 Å². The van der Waals surface area contributed by atoms with E-state index in [0.717, 1.165) is 25.7 Å². The van der Waals surface area contributed by atoms with Crippen LogP contribution in [0, 0.1) is 5.92 Å². The number of hydrogen-bond donors (Lipinski definition) is 2. The Morgan fingerprint density at radius 2 is 1.46 bits per heavy atom. The van der Waals surface area contributed by atoms with Gasteiger partial charge in [0.25, 0.3) is 0 Å². The standard InChI is InChI=1S/C23H43NO2/c1-4-5-6-7-8-9-10-11-12-13-14-15-16-17-18-19-23(26)24-22(20-25)21(2)3/h8-9,11-12,21-22,25H,4-7,10,13-20H2,1-3H3,(H,24,26)/b9-8-,12-11-/t22-/m1/s1. The molecule has 0 fully saturated rings. The number of carbonyl (C=O) groups is 1. The fraction of sp³-hybridized carbons (Fsp3) is 0.783. The second kappa shape index (κ2) is 18.7. The van der Waals surface area contributed by atoms with Crippen molar-refractivity contribution in [3.05, 3.63) is 24.3 Å². The maximum atomic E-state index is 11.8. The van der Waals surface area contributed by atoms with Crippen molar-refractivity contribution < 1.29 is 9.90 Å². The summed E-state index contributed by atoms with van der Waals surface area (Å²) in [6.07, 6.45) is 22.9. The lowest BCUT2D eigenvalue weighted by atomic mass is 10.0. The van der Waals surface area contributed by atoms with Crippen molar-refractivity contribution in [3.63, 3.8) is 0 Å². The van der Waals surface area contributed by atoms with E-state index < -0.39 is 0 Å². The lowest BCUT2D eigenvalue weighted by Crippen LogP contribution is -2.41. The molecule has 0 aromatic rings. The number of amides is 1. The van der Waals surface area contributed by atoms with Gasteiger partial charge in [0.05, 0.1) is 12.6 Å². The summed E-state index contributed by atoms with van der Waals surface area (Å²) in [5.41, 5.74) is 0. The highest BCUT2D eigenvalue weighted by Gasteiger charge is 2.14. The molecule has 3 nitrogen and oxygen atoms in total. The highest BCUT2D eigenvalue weighted by molar-refractivity contribution is 5.76. The molecule has 0 aliphatic heterocycles. The molecule has 0 unspecified atom stereocenters. The van der Waals surface area contributed by atoms with Gasteiger partial charge in [0.15, 0.2) is 0 Å². The molecule has 0 aromatic carbocycles. The van der Waals surface area contributed by atoms with Gasteiger partial charge in [-0.1, -0.05) is 77.2 Å². The minimum Gasteiger partial charge on any atom is -0.394 e. The Bertz CT molecular complexity index is 374. The van der Waals surface area contributed by atoms with Crippen LogP contribution in [0.2, 0.25) is 0 Å². The first-order valence-electron chi connectivity index (χ1n) is 10.8. The van der Waals surface area contributed by atoms with Crippen molar-refractivity contribution in [2.45, 2.75) is 104 Å². The lowest BCUT2D eigenvalue weighted by molar-refractivity contribution is -0.122. The van der Waals surface area contributed by atoms with E-state index in [4.69, 9.17) is 0 Å². The summed E-state index contributed by atoms with van der Waals surface area (Å²) >= 11 is 0. The molecule has 0 aliphatic rings. The molecule has 1 amide bonds. The molecule has 26 heavy (non-hydrogen) atoms. The SMILES string of the molecule is CCCCC/C=C\C/C=C\CCCCCCCC(=O)N[C@H](CO)C(C)C. The fourth-order valence-electron chi connectivity index (χ4n) is 2.80. The van der Waals surface area contributed by atoms with Gasteiger partial charge in [0, 0.05) is 6.42 Å². The highest BCUT2D eigenvalue weighted by Crippen LogP contribution is 2.09. The van der Waals surface area contributed by atoms with Gasteiger partial charge in [-0.15, -0.1) is 0 Å². The first-order chi connectivity index (χ1) is 12.6. The summed E-state index contributed by atoms with van der Waals surface area (Å²) in [6, 6.07) is -0.111. The van der Waals surface area contributed by atoms with Crippen LogP contribution in [-0.4, -0.2) is 23.7 Å². The first kappa shape index (κ1) is 24.9. The highest BCUT2D eigenvalue weighted by atomic mass is 16.3. The summed E-state index contributed by atoms with van der Waals surface area (Å²) in [5, 5.41) is 12.1. The second-order valence-electron chi connectivity index (χ2n) is 7.58. The molecule has 3 heteroatoms. The van der Waals surface area contributed by atoms with Crippen molar-refractivity contribution in [2.24, 2.45) is 5.92 Å². The topological polar surface area (TPSA) is 49.3 Å². The van der Waals surface area contributed by atoms with Crippen LogP contribution >= 0.6 is 0 Å². The molecule has 2 N–H and O–H groups in total. The predicted octanol–water partition coefficient (Wildman–Crippen LogP) is 5.93.